The second-order valence-corrected chi connectivity index (χ2v) is 2.78. The zero-order valence-corrected chi connectivity index (χ0v) is 8.86. The zero-order chi connectivity index (χ0) is 9.28. The van der Waals surface area contributed by atoms with Gasteiger partial charge in [-0.3, -0.25) is 0 Å². The first-order valence-corrected chi connectivity index (χ1v) is 4.57. The van der Waals surface area contributed by atoms with Gasteiger partial charge in [0, 0.05) is 18.6 Å². The first-order valence-electron chi connectivity index (χ1n) is 4.57. The van der Waals surface area contributed by atoms with Crippen molar-refractivity contribution in [3.8, 4) is 0 Å². The standard InChI is InChI=1S/C7H18N2.C2H6/c1-6(2)9-7(3)5-8-4;1-2/h6-9H,5H2,1-4H3;1-2H3. The van der Waals surface area contributed by atoms with Crippen molar-refractivity contribution in [2.75, 3.05) is 13.6 Å². The SMILES string of the molecule is CC.CNCC(C)NC(C)C. The molecule has 70 valence electrons. The predicted molar refractivity (Wildman–Crippen MR) is 53.0 cm³/mol. The van der Waals surface area contributed by atoms with E-state index >= 15 is 0 Å². The Kier molecular flexibility index (Phi) is 12.2. The molecule has 0 rings (SSSR count). The Bertz CT molecular complexity index is 62.6. The minimum Gasteiger partial charge on any atom is -0.318 e. The summed E-state index contributed by atoms with van der Waals surface area (Å²) in [7, 11) is 1.97. The number of hydrogen-bond acceptors (Lipinski definition) is 2. The van der Waals surface area contributed by atoms with E-state index in [9.17, 15) is 0 Å². The fourth-order valence-corrected chi connectivity index (χ4v) is 0.934. The minimum absolute atomic E-state index is 0.579. The summed E-state index contributed by atoms with van der Waals surface area (Å²) in [4.78, 5) is 0. The van der Waals surface area contributed by atoms with Crippen LogP contribution in [-0.4, -0.2) is 25.7 Å². The maximum atomic E-state index is 3.38. The highest BCUT2D eigenvalue weighted by molar-refractivity contribution is 4.64. The largest absolute Gasteiger partial charge is 0.318 e. The van der Waals surface area contributed by atoms with E-state index in [1.165, 1.54) is 0 Å². The number of hydrogen-bond donors (Lipinski definition) is 2. The monoisotopic (exact) mass is 160 g/mol. The van der Waals surface area contributed by atoms with Crippen LogP contribution >= 0.6 is 0 Å². The van der Waals surface area contributed by atoms with Gasteiger partial charge in [0.15, 0.2) is 0 Å². The van der Waals surface area contributed by atoms with E-state index in [2.05, 4.69) is 31.4 Å². The molecule has 0 aliphatic carbocycles. The summed E-state index contributed by atoms with van der Waals surface area (Å²) in [5.74, 6) is 0. The van der Waals surface area contributed by atoms with Gasteiger partial charge in [-0.05, 0) is 14.0 Å². The Hall–Kier alpha value is -0.0800. The highest BCUT2D eigenvalue weighted by Crippen LogP contribution is 1.82. The Morgan fingerprint density at radius 1 is 1.09 bits per heavy atom. The van der Waals surface area contributed by atoms with Crippen LogP contribution in [0.15, 0.2) is 0 Å². The van der Waals surface area contributed by atoms with Crippen molar-refractivity contribution in [1.82, 2.24) is 10.6 Å². The third-order valence-electron chi connectivity index (χ3n) is 1.13. The van der Waals surface area contributed by atoms with E-state index in [-0.39, 0.29) is 0 Å². The second kappa shape index (κ2) is 9.92. The Morgan fingerprint density at radius 3 is 1.82 bits per heavy atom. The molecule has 0 aromatic rings. The molecule has 0 amide bonds. The summed E-state index contributed by atoms with van der Waals surface area (Å²) in [5, 5.41) is 6.49. The molecule has 0 radical (unpaired) electrons. The fraction of sp³-hybridized carbons (Fsp3) is 1.00. The molecule has 0 fully saturated rings. The van der Waals surface area contributed by atoms with Gasteiger partial charge in [0.05, 0.1) is 0 Å². The fourth-order valence-electron chi connectivity index (χ4n) is 0.934. The third-order valence-corrected chi connectivity index (χ3v) is 1.13. The van der Waals surface area contributed by atoms with Crippen LogP contribution in [0, 0.1) is 0 Å². The second-order valence-electron chi connectivity index (χ2n) is 2.78. The van der Waals surface area contributed by atoms with Crippen LogP contribution in [0.25, 0.3) is 0 Å². The van der Waals surface area contributed by atoms with Crippen LogP contribution < -0.4 is 10.6 Å². The van der Waals surface area contributed by atoms with Crippen molar-refractivity contribution >= 4 is 0 Å². The van der Waals surface area contributed by atoms with E-state index in [0.717, 1.165) is 6.54 Å². The van der Waals surface area contributed by atoms with Gasteiger partial charge < -0.3 is 10.6 Å². The molecule has 2 nitrogen and oxygen atoms in total. The lowest BCUT2D eigenvalue weighted by Gasteiger charge is -2.15. The van der Waals surface area contributed by atoms with Crippen molar-refractivity contribution < 1.29 is 0 Å². The van der Waals surface area contributed by atoms with Crippen LogP contribution in [0.1, 0.15) is 34.6 Å². The lowest BCUT2D eigenvalue weighted by atomic mass is 10.3. The quantitative estimate of drug-likeness (QED) is 0.653. The molecule has 0 aliphatic rings. The molecule has 2 heteroatoms. The average molecular weight is 160 g/mol. The lowest BCUT2D eigenvalue weighted by molar-refractivity contribution is 0.474. The summed E-state index contributed by atoms with van der Waals surface area (Å²) in [6.07, 6.45) is 0. The molecule has 0 aromatic heterocycles. The van der Waals surface area contributed by atoms with E-state index in [1.54, 1.807) is 0 Å². The van der Waals surface area contributed by atoms with E-state index in [1.807, 2.05) is 20.9 Å². The molecule has 0 bridgehead atoms. The molecule has 2 N–H and O–H groups in total. The number of nitrogens with one attached hydrogen (secondary N) is 2. The molecule has 0 spiro atoms. The average Bonchev–Trinajstić information content (AvgIpc) is 1.91. The topological polar surface area (TPSA) is 24.1 Å². The van der Waals surface area contributed by atoms with Gasteiger partial charge in [0.25, 0.3) is 0 Å². The van der Waals surface area contributed by atoms with Crippen LogP contribution in [0.5, 0.6) is 0 Å². The van der Waals surface area contributed by atoms with Crippen LogP contribution in [-0.2, 0) is 0 Å². The van der Waals surface area contributed by atoms with Crippen molar-refractivity contribution in [3.63, 3.8) is 0 Å². The molecule has 0 saturated heterocycles. The Morgan fingerprint density at radius 2 is 1.55 bits per heavy atom. The molecule has 0 aromatic carbocycles. The van der Waals surface area contributed by atoms with Crippen LogP contribution in [0.3, 0.4) is 0 Å². The first-order chi connectivity index (χ1) is 5.16. The third kappa shape index (κ3) is 13.0. The van der Waals surface area contributed by atoms with Gasteiger partial charge >= 0.3 is 0 Å². The summed E-state index contributed by atoms with van der Waals surface area (Å²) >= 11 is 0. The van der Waals surface area contributed by atoms with Crippen molar-refractivity contribution in [3.05, 3.63) is 0 Å². The first kappa shape index (κ1) is 13.5. The molecule has 11 heavy (non-hydrogen) atoms. The molecular formula is C9H24N2. The van der Waals surface area contributed by atoms with Gasteiger partial charge in [0.2, 0.25) is 0 Å². The van der Waals surface area contributed by atoms with Gasteiger partial charge in [-0.2, -0.15) is 0 Å². The van der Waals surface area contributed by atoms with Crippen molar-refractivity contribution in [2.24, 2.45) is 0 Å². The highest BCUT2D eigenvalue weighted by atomic mass is 15.0. The highest BCUT2D eigenvalue weighted by Gasteiger charge is 1.99. The lowest BCUT2D eigenvalue weighted by Crippen LogP contribution is -2.38. The maximum absolute atomic E-state index is 3.38. The van der Waals surface area contributed by atoms with Gasteiger partial charge in [-0.25, -0.2) is 0 Å². The predicted octanol–water partition coefficient (Wildman–Crippen LogP) is 1.62. The van der Waals surface area contributed by atoms with Crippen molar-refractivity contribution in [1.29, 1.82) is 0 Å². The van der Waals surface area contributed by atoms with Gasteiger partial charge in [-0.1, -0.05) is 27.7 Å². The van der Waals surface area contributed by atoms with Crippen LogP contribution in [0.2, 0.25) is 0 Å². The Balaban J connectivity index is 0. The van der Waals surface area contributed by atoms with E-state index in [0.29, 0.717) is 12.1 Å². The van der Waals surface area contributed by atoms with E-state index in [4.69, 9.17) is 0 Å². The summed E-state index contributed by atoms with van der Waals surface area (Å²) < 4.78 is 0. The number of rotatable bonds is 4. The summed E-state index contributed by atoms with van der Waals surface area (Å²) in [5.41, 5.74) is 0. The molecular weight excluding hydrogens is 136 g/mol. The molecule has 1 unspecified atom stereocenters. The summed E-state index contributed by atoms with van der Waals surface area (Å²) in [6, 6.07) is 1.17. The van der Waals surface area contributed by atoms with Gasteiger partial charge in [0.1, 0.15) is 0 Å². The van der Waals surface area contributed by atoms with Crippen molar-refractivity contribution in [2.45, 2.75) is 46.7 Å². The minimum atomic E-state index is 0.579. The van der Waals surface area contributed by atoms with E-state index < -0.39 is 0 Å². The summed E-state index contributed by atoms with van der Waals surface area (Å²) in [6.45, 7) is 11.5. The smallest absolute Gasteiger partial charge is 0.0166 e. The molecule has 0 aliphatic heterocycles. The maximum Gasteiger partial charge on any atom is 0.0166 e. The zero-order valence-electron chi connectivity index (χ0n) is 8.86. The molecule has 1 atom stereocenters. The van der Waals surface area contributed by atoms with Crippen LogP contribution in [0.4, 0.5) is 0 Å². The molecule has 0 heterocycles. The number of likely N-dealkylation sites (N-methyl/N-ethyl adjacent to an activating group) is 1. The van der Waals surface area contributed by atoms with Gasteiger partial charge in [-0.15, -0.1) is 0 Å². The Labute approximate surface area is 71.8 Å². The molecule has 0 saturated carbocycles. The normalized spacial score (nSPS) is 12.3.